The standard InChI is InChI=1S/C14H16O2S/c1-14(7-4-8-17-14)13(15)12-9-10-5-2-3-6-11(10)16-12/h2-3,5-6,9,13,15H,4,7-8H2,1H3. The monoisotopic (exact) mass is 248 g/mol. The molecular formula is C14H16O2S. The van der Waals surface area contributed by atoms with E-state index < -0.39 is 6.10 Å². The third-order valence-corrected chi connectivity index (χ3v) is 5.12. The van der Waals surface area contributed by atoms with E-state index in [4.69, 9.17) is 4.42 Å². The molecule has 0 radical (unpaired) electrons. The Bertz CT molecular complexity index is 493. The second-order valence-corrected chi connectivity index (χ2v) is 6.48. The molecule has 1 aliphatic heterocycles. The molecule has 0 spiro atoms. The predicted octanol–water partition coefficient (Wildman–Crippen LogP) is 3.75. The Balaban J connectivity index is 1.97. The van der Waals surface area contributed by atoms with Crippen LogP contribution in [0.2, 0.25) is 0 Å². The summed E-state index contributed by atoms with van der Waals surface area (Å²) in [4.78, 5) is 0. The smallest absolute Gasteiger partial charge is 0.135 e. The van der Waals surface area contributed by atoms with E-state index in [9.17, 15) is 5.11 Å². The fourth-order valence-electron chi connectivity index (χ4n) is 2.45. The van der Waals surface area contributed by atoms with E-state index >= 15 is 0 Å². The van der Waals surface area contributed by atoms with Gasteiger partial charge in [0, 0.05) is 10.1 Å². The molecule has 3 heteroatoms. The van der Waals surface area contributed by atoms with Gasteiger partial charge in [-0.3, -0.25) is 0 Å². The van der Waals surface area contributed by atoms with Crippen molar-refractivity contribution in [3.8, 4) is 0 Å². The van der Waals surface area contributed by atoms with E-state index in [0.717, 1.165) is 23.1 Å². The van der Waals surface area contributed by atoms with E-state index in [1.807, 2.05) is 42.1 Å². The van der Waals surface area contributed by atoms with Crippen molar-refractivity contribution in [3.63, 3.8) is 0 Å². The minimum absolute atomic E-state index is 0.0894. The van der Waals surface area contributed by atoms with E-state index in [1.165, 1.54) is 6.42 Å². The predicted molar refractivity (Wildman–Crippen MR) is 71.3 cm³/mol. The fraction of sp³-hybridized carbons (Fsp3) is 0.429. The Kier molecular flexibility index (Phi) is 2.68. The van der Waals surface area contributed by atoms with Crippen LogP contribution in [0.25, 0.3) is 11.0 Å². The molecule has 2 nitrogen and oxygen atoms in total. The highest BCUT2D eigenvalue weighted by Gasteiger charge is 2.39. The average molecular weight is 248 g/mol. The first kappa shape index (κ1) is 11.2. The number of hydrogen-bond donors (Lipinski definition) is 1. The van der Waals surface area contributed by atoms with E-state index in [-0.39, 0.29) is 4.75 Å². The van der Waals surface area contributed by atoms with Crippen LogP contribution < -0.4 is 0 Å². The van der Waals surface area contributed by atoms with Gasteiger partial charge in [-0.1, -0.05) is 18.2 Å². The van der Waals surface area contributed by atoms with Gasteiger partial charge in [-0.2, -0.15) is 11.8 Å². The Morgan fingerprint density at radius 2 is 2.24 bits per heavy atom. The summed E-state index contributed by atoms with van der Waals surface area (Å²) in [5.74, 6) is 1.83. The van der Waals surface area contributed by atoms with E-state index in [0.29, 0.717) is 5.76 Å². The molecule has 1 saturated heterocycles. The minimum atomic E-state index is -0.512. The van der Waals surface area contributed by atoms with Crippen molar-refractivity contribution in [1.29, 1.82) is 0 Å². The van der Waals surface area contributed by atoms with Crippen molar-refractivity contribution < 1.29 is 9.52 Å². The summed E-state index contributed by atoms with van der Waals surface area (Å²) in [5, 5.41) is 11.5. The molecule has 2 heterocycles. The molecule has 3 rings (SSSR count). The van der Waals surface area contributed by atoms with Crippen LogP contribution in [0.3, 0.4) is 0 Å². The van der Waals surface area contributed by atoms with Crippen molar-refractivity contribution >= 4 is 22.7 Å². The summed E-state index contributed by atoms with van der Waals surface area (Å²) >= 11 is 1.85. The molecule has 1 aromatic heterocycles. The van der Waals surface area contributed by atoms with Crippen LogP contribution in [-0.2, 0) is 0 Å². The molecule has 90 valence electrons. The maximum atomic E-state index is 10.5. The molecule has 1 aromatic carbocycles. The summed E-state index contributed by atoms with van der Waals surface area (Å²) in [7, 11) is 0. The van der Waals surface area contributed by atoms with Gasteiger partial charge in [0.25, 0.3) is 0 Å². The first-order valence-electron chi connectivity index (χ1n) is 5.99. The Hall–Kier alpha value is -0.930. The lowest BCUT2D eigenvalue weighted by molar-refractivity contribution is 0.112. The Morgan fingerprint density at radius 3 is 2.94 bits per heavy atom. The third kappa shape index (κ3) is 1.87. The molecule has 2 atom stereocenters. The number of aliphatic hydroxyl groups excluding tert-OH is 1. The molecule has 1 aliphatic rings. The normalized spacial score (nSPS) is 26.5. The van der Waals surface area contributed by atoms with E-state index in [2.05, 4.69) is 6.92 Å². The van der Waals surface area contributed by atoms with Crippen LogP contribution in [0.1, 0.15) is 31.6 Å². The maximum absolute atomic E-state index is 10.5. The number of fused-ring (bicyclic) bond motifs is 1. The first-order chi connectivity index (χ1) is 8.19. The molecule has 0 amide bonds. The highest BCUT2D eigenvalue weighted by molar-refractivity contribution is 8.00. The molecule has 0 saturated carbocycles. The summed E-state index contributed by atoms with van der Waals surface area (Å²) in [5.41, 5.74) is 0.855. The maximum Gasteiger partial charge on any atom is 0.135 e. The Labute approximate surface area is 105 Å². The van der Waals surface area contributed by atoms with Gasteiger partial charge in [0.2, 0.25) is 0 Å². The number of aliphatic hydroxyl groups is 1. The number of furan rings is 1. The second kappa shape index (κ2) is 4.07. The summed E-state index contributed by atoms with van der Waals surface area (Å²) < 4.78 is 5.65. The summed E-state index contributed by atoms with van der Waals surface area (Å²) in [6.45, 7) is 2.13. The number of para-hydroxylation sites is 1. The zero-order valence-corrected chi connectivity index (χ0v) is 10.7. The van der Waals surface area contributed by atoms with Crippen molar-refractivity contribution in [1.82, 2.24) is 0 Å². The van der Waals surface area contributed by atoms with Crippen LogP contribution in [0, 0.1) is 0 Å². The van der Waals surface area contributed by atoms with E-state index in [1.54, 1.807) is 0 Å². The Morgan fingerprint density at radius 1 is 1.41 bits per heavy atom. The molecule has 2 unspecified atom stereocenters. The van der Waals surface area contributed by atoms with Crippen LogP contribution in [0.4, 0.5) is 0 Å². The minimum Gasteiger partial charge on any atom is -0.458 e. The number of hydrogen-bond acceptors (Lipinski definition) is 3. The van der Waals surface area contributed by atoms with Gasteiger partial charge in [-0.15, -0.1) is 0 Å². The van der Waals surface area contributed by atoms with Crippen molar-refractivity contribution in [3.05, 3.63) is 36.1 Å². The second-order valence-electron chi connectivity index (χ2n) is 4.85. The fourth-order valence-corrected chi connectivity index (χ4v) is 3.77. The molecular weight excluding hydrogens is 232 g/mol. The summed E-state index contributed by atoms with van der Waals surface area (Å²) in [6, 6.07) is 9.85. The molecule has 0 aliphatic carbocycles. The van der Waals surface area contributed by atoms with Crippen LogP contribution >= 0.6 is 11.8 Å². The number of benzene rings is 1. The largest absolute Gasteiger partial charge is 0.458 e. The molecule has 1 fully saturated rings. The average Bonchev–Trinajstić information content (AvgIpc) is 2.94. The lowest BCUT2D eigenvalue weighted by Gasteiger charge is -2.27. The topological polar surface area (TPSA) is 33.4 Å². The molecule has 1 N–H and O–H groups in total. The van der Waals surface area contributed by atoms with Gasteiger partial charge in [0.05, 0.1) is 0 Å². The lowest BCUT2D eigenvalue weighted by atomic mass is 9.97. The highest BCUT2D eigenvalue weighted by atomic mass is 32.2. The zero-order chi connectivity index (χ0) is 11.9. The van der Waals surface area contributed by atoms with Gasteiger partial charge in [-0.25, -0.2) is 0 Å². The van der Waals surface area contributed by atoms with Crippen molar-refractivity contribution in [2.75, 3.05) is 5.75 Å². The van der Waals surface area contributed by atoms with Crippen LogP contribution in [0.5, 0.6) is 0 Å². The van der Waals surface area contributed by atoms with Crippen molar-refractivity contribution in [2.24, 2.45) is 0 Å². The molecule has 0 bridgehead atoms. The number of thioether (sulfide) groups is 1. The van der Waals surface area contributed by atoms with Gasteiger partial charge >= 0.3 is 0 Å². The van der Waals surface area contributed by atoms with Gasteiger partial charge in [0.15, 0.2) is 0 Å². The zero-order valence-electron chi connectivity index (χ0n) is 9.85. The van der Waals surface area contributed by atoms with Gasteiger partial charge < -0.3 is 9.52 Å². The van der Waals surface area contributed by atoms with Gasteiger partial charge in [0.1, 0.15) is 17.4 Å². The van der Waals surface area contributed by atoms with Gasteiger partial charge in [-0.05, 0) is 37.7 Å². The first-order valence-corrected chi connectivity index (χ1v) is 6.98. The van der Waals surface area contributed by atoms with Crippen LogP contribution in [-0.4, -0.2) is 15.6 Å². The lowest BCUT2D eigenvalue weighted by Crippen LogP contribution is -2.25. The van der Waals surface area contributed by atoms with Crippen LogP contribution in [0.15, 0.2) is 34.7 Å². The third-order valence-electron chi connectivity index (χ3n) is 3.54. The molecule has 17 heavy (non-hydrogen) atoms. The highest BCUT2D eigenvalue weighted by Crippen LogP contribution is 2.47. The molecule has 2 aromatic rings. The number of rotatable bonds is 2. The SMILES string of the molecule is CC1(C(O)c2cc3ccccc3o2)CCCS1. The quantitative estimate of drug-likeness (QED) is 0.878. The van der Waals surface area contributed by atoms with Crippen molar-refractivity contribution in [2.45, 2.75) is 30.6 Å². The summed E-state index contributed by atoms with van der Waals surface area (Å²) in [6.07, 6.45) is 1.72.